The van der Waals surface area contributed by atoms with Crippen LogP contribution in [0.3, 0.4) is 0 Å². The van der Waals surface area contributed by atoms with Crippen molar-refractivity contribution in [2.75, 3.05) is 0 Å². The fourth-order valence-electron chi connectivity index (χ4n) is 1.79. The summed E-state index contributed by atoms with van der Waals surface area (Å²) in [6, 6.07) is 2.18. The topological polar surface area (TPSA) is 56.2 Å². The Kier molecular flexibility index (Phi) is 2.95. The van der Waals surface area contributed by atoms with E-state index in [4.69, 9.17) is 4.74 Å². The third-order valence-electron chi connectivity index (χ3n) is 2.55. The molecule has 17 heavy (non-hydrogen) atoms. The fourth-order valence-corrected chi connectivity index (χ4v) is 1.79. The van der Waals surface area contributed by atoms with E-state index in [9.17, 15) is 4.79 Å². The lowest BCUT2D eigenvalue weighted by Gasteiger charge is -2.21. The average Bonchev–Trinajstić information content (AvgIpc) is 2.57. The first-order chi connectivity index (χ1) is 7.85. The minimum absolute atomic E-state index is 0.355. The Bertz CT molecular complexity index is 431. The average molecular weight is 237 g/mol. The molecular weight excluding hydrogens is 218 g/mol. The molecule has 5 nitrogen and oxygen atoms in total. The maximum Gasteiger partial charge on any atom is 0.359 e. The zero-order valence-electron chi connectivity index (χ0n) is 10.8. The smallest absolute Gasteiger partial charge is 0.359 e. The zero-order chi connectivity index (χ0) is 12.6. The van der Waals surface area contributed by atoms with Crippen molar-refractivity contribution in [1.29, 1.82) is 0 Å². The molecule has 0 saturated carbocycles. The lowest BCUT2D eigenvalue weighted by Crippen LogP contribution is -2.36. The van der Waals surface area contributed by atoms with Crippen molar-refractivity contribution < 1.29 is 9.53 Å². The molecule has 0 fully saturated rings. The molecule has 0 spiro atoms. The van der Waals surface area contributed by atoms with Crippen LogP contribution >= 0.6 is 0 Å². The van der Waals surface area contributed by atoms with Crippen LogP contribution in [-0.4, -0.2) is 27.4 Å². The molecule has 1 unspecified atom stereocenters. The van der Waals surface area contributed by atoms with Gasteiger partial charge in [0.2, 0.25) is 0 Å². The van der Waals surface area contributed by atoms with E-state index in [1.807, 2.05) is 25.5 Å². The van der Waals surface area contributed by atoms with Crippen LogP contribution in [0, 0.1) is 0 Å². The van der Waals surface area contributed by atoms with Gasteiger partial charge < -0.3 is 10.1 Å². The number of fused-ring (bicyclic) bond motifs is 1. The highest BCUT2D eigenvalue weighted by Gasteiger charge is 2.23. The normalized spacial score (nSPS) is 19.9. The molecule has 2 rings (SSSR count). The van der Waals surface area contributed by atoms with Crippen LogP contribution < -0.4 is 5.32 Å². The summed E-state index contributed by atoms with van der Waals surface area (Å²) in [7, 11) is 0. The Morgan fingerprint density at radius 1 is 1.59 bits per heavy atom. The van der Waals surface area contributed by atoms with Gasteiger partial charge in [0, 0.05) is 12.6 Å². The van der Waals surface area contributed by atoms with Gasteiger partial charge in [-0.15, -0.1) is 0 Å². The Balaban J connectivity index is 2.15. The molecule has 0 bridgehead atoms. The molecule has 0 radical (unpaired) electrons. The van der Waals surface area contributed by atoms with Crippen molar-refractivity contribution in [2.45, 2.75) is 52.4 Å². The van der Waals surface area contributed by atoms with E-state index in [-0.39, 0.29) is 5.97 Å². The molecule has 5 heteroatoms. The van der Waals surface area contributed by atoms with Crippen LogP contribution in [0.2, 0.25) is 0 Å². The number of nitrogens with one attached hydrogen (secondary N) is 1. The number of carbonyl (C=O) groups excluding carboxylic acids is 1. The van der Waals surface area contributed by atoms with Crippen LogP contribution in [0.25, 0.3) is 0 Å². The Labute approximate surface area is 101 Å². The first-order valence-corrected chi connectivity index (χ1v) is 5.88. The van der Waals surface area contributed by atoms with Gasteiger partial charge in [0.05, 0.1) is 12.2 Å². The molecule has 94 valence electrons. The number of hydrogen-bond acceptors (Lipinski definition) is 4. The number of carbonyl (C=O) groups is 1. The van der Waals surface area contributed by atoms with Crippen molar-refractivity contribution in [2.24, 2.45) is 0 Å². The molecule has 1 N–H and O–H groups in total. The quantitative estimate of drug-likeness (QED) is 0.749. The standard InChI is InChI=1S/C12H19N3O2/c1-8-7-15-9(6-13-8)5-10(14-15)11(16)17-12(2,3)4/h5,8,13H,6-7H2,1-4H3. The van der Waals surface area contributed by atoms with E-state index in [0.717, 1.165) is 18.8 Å². The van der Waals surface area contributed by atoms with Gasteiger partial charge in [-0.25, -0.2) is 4.79 Å². The second-order valence-corrected chi connectivity index (χ2v) is 5.49. The predicted molar refractivity (Wildman–Crippen MR) is 63.7 cm³/mol. The maximum atomic E-state index is 11.8. The van der Waals surface area contributed by atoms with Crippen LogP contribution in [0.4, 0.5) is 0 Å². The van der Waals surface area contributed by atoms with Crippen molar-refractivity contribution in [3.8, 4) is 0 Å². The molecule has 0 aromatic carbocycles. The van der Waals surface area contributed by atoms with Gasteiger partial charge in [-0.05, 0) is 33.8 Å². The summed E-state index contributed by atoms with van der Waals surface area (Å²) in [6.45, 7) is 9.19. The number of rotatable bonds is 1. The Morgan fingerprint density at radius 3 is 2.94 bits per heavy atom. The van der Waals surface area contributed by atoms with Crippen molar-refractivity contribution in [1.82, 2.24) is 15.1 Å². The summed E-state index contributed by atoms with van der Waals surface area (Å²) >= 11 is 0. The summed E-state index contributed by atoms with van der Waals surface area (Å²) < 4.78 is 7.17. The molecule has 0 aliphatic carbocycles. The SMILES string of the molecule is CC1Cn2nc(C(=O)OC(C)(C)C)cc2CN1. The Morgan fingerprint density at radius 2 is 2.29 bits per heavy atom. The largest absolute Gasteiger partial charge is 0.455 e. The van der Waals surface area contributed by atoms with E-state index in [1.165, 1.54) is 0 Å². The Hall–Kier alpha value is -1.36. The second-order valence-electron chi connectivity index (χ2n) is 5.49. The number of hydrogen-bond donors (Lipinski definition) is 1. The molecule has 1 aromatic rings. The second kappa shape index (κ2) is 4.14. The van der Waals surface area contributed by atoms with Crippen LogP contribution in [-0.2, 0) is 17.8 Å². The summed E-state index contributed by atoms with van der Waals surface area (Å²) in [6.07, 6.45) is 0. The summed E-state index contributed by atoms with van der Waals surface area (Å²) in [5.74, 6) is -0.355. The highest BCUT2D eigenvalue weighted by atomic mass is 16.6. The van der Waals surface area contributed by atoms with Gasteiger partial charge in [-0.2, -0.15) is 5.10 Å². The molecule has 2 heterocycles. The highest BCUT2D eigenvalue weighted by molar-refractivity contribution is 5.87. The summed E-state index contributed by atoms with van der Waals surface area (Å²) in [5.41, 5.74) is 0.946. The number of aromatic nitrogens is 2. The van der Waals surface area contributed by atoms with Gasteiger partial charge in [-0.3, -0.25) is 4.68 Å². The minimum Gasteiger partial charge on any atom is -0.455 e. The first kappa shape index (κ1) is 12.1. The third kappa shape index (κ3) is 2.85. The van der Waals surface area contributed by atoms with Gasteiger partial charge in [-0.1, -0.05) is 0 Å². The lowest BCUT2D eigenvalue weighted by atomic mass is 10.2. The van der Waals surface area contributed by atoms with Crippen LogP contribution in [0.1, 0.15) is 43.9 Å². The van der Waals surface area contributed by atoms with Gasteiger partial charge >= 0.3 is 5.97 Å². The van der Waals surface area contributed by atoms with Crippen molar-refractivity contribution >= 4 is 5.97 Å². The number of ether oxygens (including phenoxy) is 1. The number of nitrogens with zero attached hydrogens (tertiary/aromatic N) is 2. The predicted octanol–water partition coefficient (Wildman–Crippen LogP) is 1.33. The third-order valence-corrected chi connectivity index (χ3v) is 2.55. The van der Waals surface area contributed by atoms with Gasteiger partial charge in [0.1, 0.15) is 5.60 Å². The molecule has 1 aromatic heterocycles. The van der Waals surface area contributed by atoms with E-state index in [1.54, 1.807) is 6.07 Å². The molecule has 1 aliphatic rings. The number of esters is 1. The molecule has 1 atom stereocenters. The summed E-state index contributed by atoms with van der Waals surface area (Å²) in [5, 5.41) is 7.61. The van der Waals surface area contributed by atoms with E-state index >= 15 is 0 Å². The van der Waals surface area contributed by atoms with Crippen LogP contribution in [0.5, 0.6) is 0 Å². The highest BCUT2D eigenvalue weighted by Crippen LogP contribution is 2.14. The maximum absolute atomic E-state index is 11.8. The monoisotopic (exact) mass is 237 g/mol. The zero-order valence-corrected chi connectivity index (χ0v) is 10.8. The van der Waals surface area contributed by atoms with Gasteiger partial charge in [0.25, 0.3) is 0 Å². The van der Waals surface area contributed by atoms with Crippen molar-refractivity contribution in [3.63, 3.8) is 0 Å². The fraction of sp³-hybridized carbons (Fsp3) is 0.667. The molecule has 1 aliphatic heterocycles. The van der Waals surface area contributed by atoms with Crippen LogP contribution in [0.15, 0.2) is 6.07 Å². The minimum atomic E-state index is -0.479. The van der Waals surface area contributed by atoms with Crippen molar-refractivity contribution in [3.05, 3.63) is 17.5 Å². The molecule has 0 amide bonds. The van der Waals surface area contributed by atoms with Gasteiger partial charge in [0.15, 0.2) is 5.69 Å². The van der Waals surface area contributed by atoms with E-state index < -0.39 is 5.60 Å². The first-order valence-electron chi connectivity index (χ1n) is 5.88. The molecule has 0 saturated heterocycles. The van der Waals surface area contributed by atoms with E-state index in [2.05, 4.69) is 17.3 Å². The lowest BCUT2D eigenvalue weighted by molar-refractivity contribution is 0.00618. The summed E-state index contributed by atoms with van der Waals surface area (Å²) in [4.78, 5) is 11.8. The molecular formula is C12H19N3O2. The van der Waals surface area contributed by atoms with E-state index in [0.29, 0.717) is 11.7 Å².